The second kappa shape index (κ2) is 38.3. The van der Waals surface area contributed by atoms with Crippen LogP contribution in [0.25, 0.3) is 32.9 Å². The van der Waals surface area contributed by atoms with E-state index in [1.165, 1.54) is 91.7 Å². The summed E-state index contributed by atoms with van der Waals surface area (Å²) in [5.74, 6) is 6.86. The molecule has 1 N–H and O–H groups in total. The number of aliphatic hydroxyl groups excluding tert-OH is 1. The van der Waals surface area contributed by atoms with E-state index in [4.69, 9.17) is 43.6 Å². The van der Waals surface area contributed by atoms with Crippen LogP contribution in [0.2, 0.25) is 0 Å². The van der Waals surface area contributed by atoms with Crippen LogP contribution in [0.3, 0.4) is 0 Å². The molecule has 3 aromatic carbocycles. The number of aliphatic hydroxyl groups is 1. The first kappa shape index (κ1) is 78.5. The standard InChI is InChI=1S/2C28H36N4O2S.C25H29N3O3S.2ClH/c2*1-3-31(2)18-25-27(33-19-21-4-5-21)11-9-24-26(30-34-28(24)25)10-6-20-12-14-32(15-13-20)17-23-8-7-22(16-29)35-23;26-13-19-4-5-20(32-19)14-28-11-9-17(10-12-28)3-7-23-21-6-8-24(30-16-18-1-2-18)22(15-29)25(21)31-27-23;;/h2*7-9,11,20-21H,3-6,10,12-15,17-19H2,1-2H3;4-6,8,17-18,29H,1-3,7,9-12,14-16H2;2*1H. The molecule has 23 heteroatoms. The highest BCUT2D eigenvalue weighted by molar-refractivity contribution is 7.13. The summed E-state index contributed by atoms with van der Waals surface area (Å²) in [5, 5.41) is 53.7. The summed E-state index contributed by atoms with van der Waals surface area (Å²) < 4.78 is 35.8. The van der Waals surface area contributed by atoms with Gasteiger partial charge in [-0.3, -0.25) is 14.7 Å². The number of benzene rings is 3. The number of nitriles is 3. The van der Waals surface area contributed by atoms with Gasteiger partial charge in [0.25, 0.3) is 0 Å². The Bertz CT molecular complexity index is 4130. The third-order valence-electron chi connectivity index (χ3n) is 21.9. The molecule has 6 aliphatic rings. The Hall–Kier alpha value is -6.62. The van der Waals surface area contributed by atoms with E-state index < -0.39 is 0 Å². The highest BCUT2D eigenvalue weighted by Crippen LogP contribution is 2.40. The lowest BCUT2D eigenvalue weighted by atomic mass is 9.91. The van der Waals surface area contributed by atoms with E-state index in [9.17, 15) is 5.11 Å². The normalized spacial score (nSPS) is 17.1. The van der Waals surface area contributed by atoms with Gasteiger partial charge in [-0.2, -0.15) is 15.8 Å². The number of fused-ring (bicyclic) bond motifs is 3. The summed E-state index contributed by atoms with van der Waals surface area (Å²) in [6, 6.07) is 31.3. The molecule has 3 saturated heterocycles. The molecule has 3 saturated carbocycles. The van der Waals surface area contributed by atoms with E-state index in [1.807, 2.05) is 30.3 Å². The minimum absolute atomic E-state index is 0. The number of thiophene rings is 3. The number of rotatable bonds is 31. The third kappa shape index (κ3) is 21.4. The fraction of sp³-hybridized carbons (Fsp3) is 0.556. The van der Waals surface area contributed by atoms with Crippen molar-refractivity contribution >= 4 is 91.7 Å². The number of hydrogen-bond acceptors (Lipinski definition) is 21. The molecule has 0 spiro atoms. The number of aryl methyl sites for hydroxylation is 3. The zero-order chi connectivity index (χ0) is 70.3. The molecule has 6 aromatic heterocycles. The Morgan fingerprint density at radius 2 is 0.731 bits per heavy atom. The van der Waals surface area contributed by atoms with Gasteiger partial charge in [0, 0.05) is 63.5 Å². The Balaban J connectivity index is 0.000000155. The van der Waals surface area contributed by atoms with Crippen LogP contribution in [-0.4, -0.2) is 131 Å². The van der Waals surface area contributed by atoms with Crippen molar-refractivity contribution in [3.63, 3.8) is 0 Å². The number of aromatic nitrogens is 3. The number of halogens is 2. The molecule has 9 heterocycles. The lowest BCUT2D eigenvalue weighted by molar-refractivity contribution is 0.173. The van der Waals surface area contributed by atoms with Gasteiger partial charge in [0.1, 0.15) is 50.1 Å². The number of nitrogens with zero attached hydrogens (tertiary/aromatic N) is 11. The quantitative estimate of drug-likeness (QED) is 0.0428. The molecule has 0 bridgehead atoms. The molecule has 0 radical (unpaired) electrons. The number of ether oxygens (including phenoxy) is 3. The Labute approximate surface area is 637 Å². The highest BCUT2D eigenvalue weighted by atomic mass is 35.5. The molecular weight excluding hydrogens is 1410 g/mol. The second-order valence-electron chi connectivity index (χ2n) is 29.6. The van der Waals surface area contributed by atoms with E-state index >= 15 is 0 Å². The van der Waals surface area contributed by atoms with Crippen molar-refractivity contribution in [3.8, 4) is 35.5 Å². The summed E-state index contributed by atoms with van der Waals surface area (Å²) in [4.78, 5) is 18.4. The molecule has 3 aliphatic carbocycles. The topological polar surface area (TPSA) is 214 Å². The molecule has 9 aromatic rings. The average Bonchev–Trinajstić information content (AvgIpc) is 1.62. The van der Waals surface area contributed by atoms with E-state index in [-0.39, 0.29) is 31.4 Å². The van der Waals surface area contributed by atoms with Gasteiger partial charge in [-0.1, -0.05) is 29.3 Å². The lowest BCUT2D eigenvalue weighted by Crippen LogP contribution is -2.33. The maximum atomic E-state index is 9.90. The minimum Gasteiger partial charge on any atom is -0.493 e. The van der Waals surface area contributed by atoms with Gasteiger partial charge in [0.05, 0.1) is 60.2 Å². The molecule has 18 nitrogen and oxygen atoms in total. The van der Waals surface area contributed by atoms with Gasteiger partial charge < -0.3 is 42.7 Å². The molecule has 6 fully saturated rings. The SMILES string of the molecule is CCN(C)Cc1c(OCC2CC2)ccc2c(CCC3CCN(Cc4ccc(C#N)s4)CC3)noc12.CCN(C)Cc1c(OCC2CC2)ccc2c(CCC3CCN(Cc4ccc(C#N)s4)CC3)noc12.Cl.Cl.N#Cc1ccc(CN2CCC(CCc3noc4c(CO)c(OCC5CC5)ccc34)CC2)s1. The van der Waals surface area contributed by atoms with Gasteiger partial charge in [-0.25, -0.2) is 0 Å². The fourth-order valence-electron chi connectivity index (χ4n) is 14.5. The molecule has 0 unspecified atom stereocenters. The van der Waals surface area contributed by atoms with Crippen molar-refractivity contribution in [2.75, 3.05) is 86.3 Å². The van der Waals surface area contributed by atoms with Crippen molar-refractivity contribution < 1.29 is 32.9 Å². The van der Waals surface area contributed by atoms with E-state index in [1.54, 1.807) is 34.0 Å². The molecule has 104 heavy (non-hydrogen) atoms. The smallest absolute Gasteiger partial charge is 0.176 e. The van der Waals surface area contributed by atoms with Gasteiger partial charge in [-0.05, 0) is 290 Å². The Morgan fingerprint density at radius 1 is 0.433 bits per heavy atom. The van der Waals surface area contributed by atoms with Gasteiger partial charge in [0.2, 0.25) is 0 Å². The van der Waals surface area contributed by atoms with Gasteiger partial charge >= 0.3 is 0 Å². The lowest BCUT2D eigenvalue weighted by Gasteiger charge is -2.31. The average molecular weight is 1510 g/mol. The van der Waals surface area contributed by atoms with E-state index in [0.29, 0.717) is 29.6 Å². The van der Waals surface area contributed by atoms with Crippen LogP contribution >= 0.6 is 58.8 Å². The molecule has 0 amide bonds. The van der Waals surface area contributed by atoms with Crippen LogP contribution in [0.5, 0.6) is 17.2 Å². The summed E-state index contributed by atoms with van der Waals surface area (Å²) in [6.45, 7) is 19.7. The largest absolute Gasteiger partial charge is 0.493 e. The van der Waals surface area contributed by atoms with Crippen LogP contribution in [0, 0.1) is 69.5 Å². The summed E-state index contributed by atoms with van der Waals surface area (Å²) in [7, 11) is 4.27. The third-order valence-corrected chi connectivity index (χ3v) is 24.8. The van der Waals surface area contributed by atoms with Crippen LogP contribution in [0.15, 0.2) is 86.4 Å². The predicted octanol–water partition coefficient (Wildman–Crippen LogP) is 17.4. The van der Waals surface area contributed by atoms with Crippen molar-refractivity contribution in [1.29, 1.82) is 15.8 Å². The van der Waals surface area contributed by atoms with Crippen LogP contribution in [0.4, 0.5) is 0 Å². The first-order valence-corrected chi connectivity index (χ1v) is 40.1. The Morgan fingerprint density at radius 3 is 1.00 bits per heavy atom. The first-order valence-electron chi connectivity index (χ1n) is 37.7. The summed E-state index contributed by atoms with van der Waals surface area (Å²) in [6.07, 6.45) is 21.1. The molecular formula is C81H103Cl2N11O7S3. The molecule has 15 rings (SSSR count). The van der Waals surface area contributed by atoms with Crippen molar-refractivity contribution in [1.82, 2.24) is 40.0 Å². The predicted molar refractivity (Wildman–Crippen MR) is 417 cm³/mol. The van der Waals surface area contributed by atoms with Gasteiger partial charge in [0.15, 0.2) is 16.7 Å². The zero-order valence-corrected chi connectivity index (χ0v) is 65.1. The number of likely N-dealkylation sites (tertiary alicyclic amines) is 3. The van der Waals surface area contributed by atoms with Crippen LogP contribution in [-0.2, 0) is 58.6 Å². The molecule has 556 valence electrons. The maximum absolute atomic E-state index is 9.90. The fourth-order valence-corrected chi connectivity index (χ4v) is 17.0. The van der Waals surface area contributed by atoms with Crippen LogP contribution < -0.4 is 14.2 Å². The monoisotopic (exact) mass is 1510 g/mol. The number of piperidine rings is 3. The van der Waals surface area contributed by atoms with Crippen molar-refractivity contribution in [2.24, 2.45) is 35.5 Å². The zero-order valence-electron chi connectivity index (χ0n) is 61.0. The van der Waals surface area contributed by atoms with Crippen molar-refractivity contribution in [2.45, 2.75) is 169 Å². The maximum Gasteiger partial charge on any atom is 0.176 e. The summed E-state index contributed by atoms with van der Waals surface area (Å²) >= 11 is 4.84. The number of hydrogen-bond donors (Lipinski definition) is 1. The van der Waals surface area contributed by atoms with E-state index in [2.05, 4.69) is 129 Å². The van der Waals surface area contributed by atoms with E-state index in [0.717, 1.165) is 248 Å². The Kier molecular flexibility index (Phi) is 28.9. The highest BCUT2D eigenvalue weighted by Gasteiger charge is 2.30. The first-order chi connectivity index (χ1) is 50.0. The second-order valence-corrected chi connectivity index (χ2v) is 33.1. The summed E-state index contributed by atoms with van der Waals surface area (Å²) in [5.41, 5.74) is 8.58. The van der Waals surface area contributed by atoms with Crippen LogP contribution in [0.1, 0.15) is 173 Å². The molecule has 0 atom stereocenters. The minimum atomic E-state index is -0.107. The molecule has 3 aliphatic heterocycles. The van der Waals surface area contributed by atoms with Gasteiger partial charge in [-0.15, -0.1) is 58.8 Å². The van der Waals surface area contributed by atoms with Crippen molar-refractivity contribution in [3.05, 3.63) is 136 Å².